The van der Waals surface area contributed by atoms with Crippen LogP contribution in [0.1, 0.15) is 26.4 Å². The van der Waals surface area contributed by atoms with Crippen LogP contribution in [0.3, 0.4) is 0 Å². The Morgan fingerprint density at radius 3 is 2.40 bits per heavy atom. The van der Waals surface area contributed by atoms with Gasteiger partial charge in [-0.3, -0.25) is 4.79 Å². The molecule has 0 radical (unpaired) electrons. The van der Waals surface area contributed by atoms with Gasteiger partial charge in [0.05, 0.1) is 10.4 Å². The Labute approximate surface area is 150 Å². The highest BCUT2D eigenvalue weighted by Crippen LogP contribution is 2.28. The summed E-state index contributed by atoms with van der Waals surface area (Å²) in [5.74, 6) is -0.0896. The van der Waals surface area contributed by atoms with Crippen LogP contribution in [0.25, 0.3) is 21.1 Å². The number of aryl methyl sites for hydroxylation is 3. The molecule has 4 heteroatoms. The van der Waals surface area contributed by atoms with Gasteiger partial charge in [-0.1, -0.05) is 17.7 Å². The fourth-order valence-electron chi connectivity index (χ4n) is 3.11. The molecule has 124 valence electrons. The van der Waals surface area contributed by atoms with E-state index in [2.05, 4.69) is 36.5 Å². The molecule has 25 heavy (non-hydrogen) atoms. The lowest BCUT2D eigenvalue weighted by Gasteiger charge is -2.06. The van der Waals surface area contributed by atoms with Crippen molar-refractivity contribution >= 4 is 44.1 Å². The van der Waals surface area contributed by atoms with Crippen LogP contribution in [0.15, 0.2) is 48.5 Å². The average Bonchev–Trinajstić information content (AvgIpc) is 2.94. The smallest absolute Gasteiger partial charge is 0.265 e. The number of anilines is 1. The van der Waals surface area contributed by atoms with Gasteiger partial charge in [-0.25, -0.2) is 4.98 Å². The molecule has 2 aromatic carbocycles. The second kappa shape index (κ2) is 5.97. The zero-order chi connectivity index (χ0) is 17.6. The molecule has 0 spiro atoms. The molecule has 4 rings (SSSR count). The minimum absolute atomic E-state index is 0.0896. The predicted molar refractivity (Wildman–Crippen MR) is 106 cm³/mol. The van der Waals surface area contributed by atoms with Gasteiger partial charge < -0.3 is 5.32 Å². The molecule has 1 N–H and O–H groups in total. The maximum absolute atomic E-state index is 12.6. The lowest BCUT2D eigenvalue weighted by molar-refractivity contribution is 0.103. The number of carbonyl (C=O) groups excluding carboxylic acids is 1. The normalized spacial score (nSPS) is 11.2. The van der Waals surface area contributed by atoms with Gasteiger partial charge in [0.25, 0.3) is 5.91 Å². The third-order valence-electron chi connectivity index (χ3n) is 4.16. The molecule has 0 bridgehead atoms. The molecule has 2 heterocycles. The van der Waals surface area contributed by atoms with Gasteiger partial charge in [0, 0.05) is 16.5 Å². The van der Waals surface area contributed by atoms with Gasteiger partial charge in [-0.05, 0) is 68.3 Å². The van der Waals surface area contributed by atoms with Crippen molar-refractivity contribution in [3.8, 4) is 0 Å². The Hall–Kier alpha value is -2.72. The van der Waals surface area contributed by atoms with E-state index in [1.807, 2.05) is 38.1 Å². The molecule has 3 nitrogen and oxygen atoms in total. The van der Waals surface area contributed by atoms with Crippen molar-refractivity contribution in [2.75, 3.05) is 5.32 Å². The minimum Gasteiger partial charge on any atom is -0.321 e. The van der Waals surface area contributed by atoms with Gasteiger partial charge in [-0.15, -0.1) is 11.3 Å². The number of thiophene rings is 1. The number of hydrogen-bond acceptors (Lipinski definition) is 3. The number of hydrogen-bond donors (Lipinski definition) is 1. The number of carbonyl (C=O) groups is 1. The minimum atomic E-state index is -0.0896. The summed E-state index contributed by atoms with van der Waals surface area (Å²) in [6, 6.07) is 16.3. The number of nitrogens with zero attached hydrogens (tertiary/aromatic N) is 1. The van der Waals surface area contributed by atoms with E-state index in [4.69, 9.17) is 4.98 Å². The number of aromatic nitrogens is 1. The maximum atomic E-state index is 12.6. The lowest BCUT2D eigenvalue weighted by atomic mass is 10.1. The monoisotopic (exact) mass is 346 g/mol. The van der Waals surface area contributed by atoms with E-state index in [-0.39, 0.29) is 5.91 Å². The third-order valence-corrected chi connectivity index (χ3v) is 5.20. The van der Waals surface area contributed by atoms with E-state index in [9.17, 15) is 4.79 Å². The molecule has 0 saturated heterocycles. The topological polar surface area (TPSA) is 42.0 Å². The van der Waals surface area contributed by atoms with Crippen molar-refractivity contribution in [2.45, 2.75) is 20.8 Å². The van der Waals surface area contributed by atoms with E-state index in [0.717, 1.165) is 37.9 Å². The summed E-state index contributed by atoms with van der Waals surface area (Å²) in [6.07, 6.45) is 0. The van der Waals surface area contributed by atoms with Crippen LogP contribution in [-0.2, 0) is 0 Å². The molecule has 0 atom stereocenters. The summed E-state index contributed by atoms with van der Waals surface area (Å²) < 4.78 is 0. The fraction of sp³-hybridized carbons (Fsp3) is 0.143. The molecule has 0 aliphatic carbocycles. The van der Waals surface area contributed by atoms with Gasteiger partial charge in [0.1, 0.15) is 4.83 Å². The van der Waals surface area contributed by atoms with Gasteiger partial charge in [0.2, 0.25) is 0 Å². The van der Waals surface area contributed by atoms with E-state index < -0.39 is 0 Å². The van der Waals surface area contributed by atoms with Crippen LogP contribution in [-0.4, -0.2) is 10.9 Å². The van der Waals surface area contributed by atoms with Gasteiger partial charge in [0.15, 0.2) is 0 Å². The van der Waals surface area contributed by atoms with Crippen LogP contribution in [0.2, 0.25) is 0 Å². The highest BCUT2D eigenvalue weighted by molar-refractivity contribution is 7.20. The number of rotatable bonds is 2. The Balaban J connectivity index is 1.70. The van der Waals surface area contributed by atoms with Crippen LogP contribution >= 0.6 is 11.3 Å². The van der Waals surface area contributed by atoms with E-state index >= 15 is 0 Å². The highest BCUT2D eigenvalue weighted by atomic mass is 32.1. The summed E-state index contributed by atoms with van der Waals surface area (Å²) in [5.41, 5.74) is 5.26. The molecule has 4 aromatic rings. The van der Waals surface area contributed by atoms with Gasteiger partial charge >= 0.3 is 0 Å². The molecule has 0 aliphatic heterocycles. The molecule has 0 fully saturated rings. The fourth-order valence-corrected chi connectivity index (χ4v) is 4.02. The first-order valence-electron chi connectivity index (χ1n) is 8.18. The standard InChI is InChI=1S/C21H18N2OS/c1-12-4-5-18-15(7-12)10-16-11-19(25-21(16)23-18)20(24)22-17-8-13(2)6-14(3)9-17/h4-11H,1-3H3,(H,22,24). The van der Waals surface area contributed by atoms with Crippen LogP contribution in [0.4, 0.5) is 5.69 Å². The summed E-state index contributed by atoms with van der Waals surface area (Å²) in [4.78, 5) is 18.9. The zero-order valence-corrected chi connectivity index (χ0v) is 15.2. The Morgan fingerprint density at radius 1 is 0.880 bits per heavy atom. The molecular formula is C21H18N2OS. The largest absolute Gasteiger partial charge is 0.321 e. The first kappa shape index (κ1) is 15.8. The Morgan fingerprint density at radius 2 is 1.64 bits per heavy atom. The summed E-state index contributed by atoms with van der Waals surface area (Å²) in [6.45, 7) is 6.12. The van der Waals surface area contributed by atoms with Gasteiger partial charge in [-0.2, -0.15) is 0 Å². The molecular weight excluding hydrogens is 328 g/mol. The van der Waals surface area contributed by atoms with Crippen LogP contribution < -0.4 is 5.32 Å². The third kappa shape index (κ3) is 3.13. The van der Waals surface area contributed by atoms with E-state index in [1.165, 1.54) is 16.9 Å². The van der Waals surface area contributed by atoms with Crippen molar-refractivity contribution < 1.29 is 4.79 Å². The first-order chi connectivity index (χ1) is 12.0. The second-order valence-electron chi connectivity index (χ2n) is 6.52. The first-order valence-corrected chi connectivity index (χ1v) is 9.00. The van der Waals surface area contributed by atoms with Crippen molar-refractivity contribution in [2.24, 2.45) is 0 Å². The van der Waals surface area contributed by atoms with Crippen molar-refractivity contribution in [1.29, 1.82) is 0 Å². The van der Waals surface area contributed by atoms with Crippen molar-refractivity contribution in [1.82, 2.24) is 4.98 Å². The maximum Gasteiger partial charge on any atom is 0.265 e. The molecule has 0 saturated carbocycles. The summed E-state index contributed by atoms with van der Waals surface area (Å²) in [7, 11) is 0. The predicted octanol–water partition coefficient (Wildman–Crippen LogP) is 5.63. The lowest BCUT2D eigenvalue weighted by Crippen LogP contribution is -2.10. The quantitative estimate of drug-likeness (QED) is 0.511. The second-order valence-corrected chi connectivity index (χ2v) is 7.55. The molecule has 2 aromatic heterocycles. The molecule has 0 aliphatic rings. The summed E-state index contributed by atoms with van der Waals surface area (Å²) in [5, 5.41) is 5.11. The van der Waals surface area contributed by atoms with Crippen LogP contribution in [0.5, 0.6) is 0 Å². The Bertz CT molecular complexity index is 1110. The summed E-state index contributed by atoms with van der Waals surface area (Å²) >= 11 is 1.43. The average molecular weight is 346 g/mol. The SMILES string of the molecule is Cc1cc(C)cc(NC(=O)c2cc3cc4cc(C)ccc4nc3s2)c1. The number of benzene rings is 2. The van der Waals surface area contributed by atoms with Crippen molar-refractivity contribution in [3.63, 3.8) is 0 Å². The number of amides is 1. The highest BCUT2D eigenvalue weighted by Gasteiger charge is 2.12. The number of pyridine rings is 1. The number of nitrogens with one attached hydrogen (secondary N) is 1. The molecule has 1 amide bonds. The van der Waals surface area contributed by atoms with Crippen molar-refractivity contribution in [3.05, 3.63) is 70.1 Å². The Kier molecular flexibility index (Phi) is 3.77. The van der Waals surface area contributed by atoms with E-state index in [0.29, 0.717) is 4.88 Å². The molecule has 0 unspecified atom stereocenters. The van der Waals surface area contributed by atoms with Crippen LogP contribution in [0, 0.1) is 20.8 Å². The number of fused-ring (bicyclic) bond motifs is 2. The van der Waals surface area contributed by atoms with E-state index in [1.54, 1.807) is 0 Å². The zero-order valence-electron chi connectivity index (χ0n) is 14.4.